The lowest BCUT2D eigenvalue weighted by Crippen LogP contribution is -2.33. The molecule has 4 nitrogen and oxygen atoms in total. The Hall–Kier alpha value is -2.10. The van der Waals surface area contributed by atoms with E-state index in [0.717, 1.165) is 6.07 Å². The van der Waals surface area contributed by atoms with Crippen LogP contribution < -0.4 is 5.56 Å². The van der Waals surface area contributed by atoms with Crippen LogP contribution in [0.3, 0.4) is 0 Å². The molecule has 1 rings (SSSR count). The molecule has 0 fully saturated rings. The Labute approximate surface area is 93.9 Å². The average Bonchev–Trinajstić information content (AvgIpc) is 2.22. The van der Waals surface area contributed by atoms with Gasteiger partial charge in [0.2, 0.25) is 0 Å². The fourth-order valence-corrected chi connectivity index (χ4v) is 1.22. The number of nitrogens with zero attached hydrogens (tertiary/aromatic N) is 2. The molecule has 0 aliphatic heterocycles. The maximum Gasteiger partial charge on any atom is 0.451 e. The summed E-state index contributed by atoms with van der Waals surface area (Å²) in [5.41, 5.74) is -0.656. The first kappa shape index (κ1) is 13.0. The second-order valence-electron chi connectivity index (χ2n) is 3.29. The van der Waals surface area contributed by atoms with Gasteiger partial charge >= 0.3 is 6.18 Å². The number of aromatic nitrogens is 1. The van der Waals surface area contributed by atoms with Crippen LogP contribution in [0.4, 0.5) is 13.2 Å². The smallest absolute Gasteiger partial charge is 0.304 e. The van der Waals surface area contributed by atoms with Gasteiger partial charge in [-0.1, -0.05) is 0 Å². The van der Waals surface area contributed by atoms with Crippen molar-refractivity contribution in [2.45, 2.75) is 19.6 Å². The molecule has 0 amide bonds. The lowest BCUT2D eigenvalue weighted by atomic mass is 10.2. The molecule has 0 aliphatic rings. The SMILES string of the molecule is Cc1c(C#N)ccc(=O)n1CC(=O)C(F)(F)F. The van der Waals surface area contributed by atoms with Gasteiger partial charge in [0.05, 0.1) is 12.1 Å². The van der Waals surface area contributed by atoms with E-state index in [1.165, 1.54) is 13.0 Å². The summed E-state index contributed by atoms with van der Waals surface area (Å²) in [4.78, 5) is 22.1. The summed E-state index contributed by atoms with van der Waals surface area (Å²) in [6.45, 7) is 0.202. The van der Waals surface area contributed by atoms with E-state index in [0.29, 0.717) is 4.57 Å². The van der Waals surface area contributed by atoms with Crippen LogP contribution >= 0.6 is 0 Å². The van der Waals surface area contributed by atoms with Crippen molar-refractivity contribution < 1.29 is 18.0 Å². The second kappa shape index (κ2) is 4.41. The van der Waals surface area contributed by atoms with Gasteiger partial charge in [-0.15, -0.1) is 0 Å². The standard InChI is InChI=1S/C10H7F3N2O2/c1-6-7(4-14)2-3-9(17)15(6)5-8(16)10(11,12)13/h2-3H,5H2,1H3. The molecular weight excluding hydrogens is 237 g/mol. The van der Waals surface area contributed by atoms with Crippen molar-refractivity contribution in [3.63, 3.8) is 0 Å². The molecule has 0 unspecified atom stereocenters. The zero-order chi connectivity index (χ0) is 13.2. The molecule has 0 N–H and O–H groups in total. The van der Waals surface area contributed by atoms with Crippen molar-refractivity contribution in [3.8, 4) is 6.07 Å². The van der Waals surface area contributed by atoms with E-state index in [1.54, 1.807) is 6.07 Å². The minimum atomic E-state index is -4.99. The van der Waals surface area contributed by atoms with Crippen LogP contribution in [0.2, 0.25) is 0 Å². The highest BCUT2D eigenvalue weighted by atomic mass is 19.4. The first-order chi connectivity index (χ1) is 7.77. The Morgan fingerprint density at radius 3 is 2.53 bits per heavy atom. The Kier molecular flexibility index (Phi) is 3.36. The highest BCUT2D eigenvalue weighted by molar-refractivity contribution is 5.83. The molecular formula is C10H7F3N2O2. The van der Waals surface area contributed by atoms with Crippen molar-refractivity contribution in [2.75, 3.05) is 0 Å². The number of nitriles is 1. The normalized spacial score (nSPS) is 11.0. The number of alkyl halides is 3. The molecule has 0 bridgehead atoms. The molecule has 7 heteroatoms. The van der Waals surface area contributed by atoms with Crippen LogP contribution in [-0.2, 0) is 11.3 Å². The Morgan fingerprint density at radius 1 is 1.47 bits per heavy atom. The summed E-state index contributed by atoms with van der Waals surface area (Å²) in [7, 11) is 0. The second-order valence-corrected chi connectivity index (χ2v) is 3.29. The fourth-order valence-electron chi connectivity index (χ4n) is 1.22. The van der Waals surface area contributed by atoms with Crippen LogP contribution in [-0.4, -0.2) is 16.5 Å². The van der Waals surface area contributed by atoms with Gasteiger partial charge in [-0.25, -0.2) is 0 Å². The van der Waals surface area contributed by atoms with Crippen LogP contribution in [0.15, 0.2) is 16.9 Å². The lowest BCUT2D eigenvalue weighted by Gasteiger charge is -2.11. The van der Waals surface area contributed by atoms with E-state index in [1.807, 2.05) is 0 Å². The van der Waals surface area contributed by atoms with Gasteiger partial charge in [-0.05, 0) is 13.0 Å². The molecule has 17 heavy (non-hydrogen) atoms. The Morgan fingerprint density at radius 2 is 2.06 bits per heavy atom. The van der Waals surface area contributed by atoms with Gasteiger partial charge in [-0.2, -0.15) is 18.4 Å². The number of rotatable bonds is 2. The van der Waals surface area contributed by atoms with Gasteiger partial charge in [0.15, 0.2) is 0 Å². The molecule has 0 saturated carbocycles. The molecule has 1 aromatic rings. The van der Waals surface area contributed by atoms with Crippen molar-refractivity contribution in [1.29, 1.82) is 5.26 Å². The van der Waals surface area contributed by atoms with E-state index in [9.17, 15) is 22.8 Å². The van der Waals surface area contributed by atoms with E-state index in [-0.39, 0.29) is 11.3 Å². The van der Waals surface area contributed by atoms with Crippen LogP contribution in [0.25, 0.3) is 0 Å². The van der Waals surface area contributed by atoms with Gasteiger partial charge < -0.3 is 4.57 Å². The highest BCUT2D eigenvalue weighted by Gasteiger charge is 2.38. The average molecular weight is 244 g/mol. The zero-order valence-corrected chi connectivity index (χ0v) is 8.71. The summed E-state index contributed by atoms with van der Waals surface area (Å²) >= 11 is 0. The van der Waals surface area contributed by atoms with Crippen molar-refractivity contribution in [2.24, 2.45) is 0 Å². The monoisotopic (exact) mass is 244 g/mol. The van der Waals surface area contributed by atoms with Crippen LogP contribution in [0.5, 0.6) is 0 Å². The Bertz CT molecular complexity index is 552. The number of carbonyl (C=O) groups excluding carboxylic acids is 1. The summed E-state index contributed by atoms with van der Waals surface area (Å²) < 4.78 is 36.8. The third-order valence-corrected chi connectivity index (χ3v) is 2.19. The van der Waals surface area contributed by atoms with Crippen molar-refractivity contribution >= 4 is 5.78 Å². The lowest BCUT2D eigenvalue weighted by molar-refractivity contribution is -0.171. The quantitative estimate of drug-likeness (QED) is 0.784. The molecule has 0 spiro atoms. The van der Waals surface area contributed by atoms with E-state index in [4.69, 9.17) is 5.26 Å². The van der Waals surface area contributed by atoms with Crippen molar-refractivity contribution in [3.05, 3.63) is 33.7 Å². The highest BCUT2D eigenvalue weighted by Crippen LogP contribution is 2.17. The first-order valence-corrected chi connectivity index (χ1v) is 4.48. The molecule has 0 saturated heterocycles. The maximum atomic E-state index is 12.1. The number of halogens is 3. The number of ketones is 1. The van der Waals surface area contributed by atoms with E-state index >= 15 is 0 Å². The first-order valence-electron chi connectivity index (χ1n) is 4.48. The molecule has 0 aliphatic carbocycles. The largest absolute Gasteiger partial charge is 0.451 e. The Balaban J connectivity index is 3.21. The van der Waals surface area contributed by atoms with Gasteiger partial charge in [-0.3, -0.25) is 9.59 Å². The number of carbonyl (C=O) groups is 1. The molecule has 0 radical (unpaired) electrons. The van der Waals surface area contributed by atoms with E-state index < -0.39 is 24.1 Å². The zero-order valence-electron chi connectivity index (χ0n) is 8.71. The number of Topliss-reactive ketones (excluding diaryl/α,β-unsaturated/α-hetero) is 1. The molecule has 0 atom stereocenters. The third-order valence-electron chi connectivity index (χ3n) is 2.19. The molecule has 1 aromatic heterocycles. The van der Waals surface area contributed by atoms with Gasteiger partial charge in [0, 0.05) is 11.8 Å². The summed E-state index contributed by atoms with van der Waals surface area (Å²) in [6, 6.07) is 3.88. The minimum absolute atomic E-state index is 0.0394. The summed E-state index contributed by atoms with van der Waals surface area (Å²) in [5, 5.41) is 8.66. The van der Waals surface area contributed by atoms with Gasteiger partial charge in [0.25, 0.3) is 11.3 Å². The predicted molar refractivity (Wildman–Crippen MR) is 51.2 cm³/mol. The van der Waals surface area contributed by atoms with Crippen molar-refractivity contribution in [1.82, 2.24) is 4.57 Å². The maximum absolute atomic E-state index is 12.1. The summed E-state index contributed by atoms with van der Waals surface area (Å²) in [6.07, 6.45) is -4.99. The molecule has 1 heterocycles. The minimum Gasteiger partial charge on any atom is -0.304 e. The number of hydrogen-bond acceptors (Lipinski definition) is 3. The van der Waals surface area contributed by atoms with Crippen LogP contribution in [0.1, 0.15) is 11.3 Å². The number of pyridine rings is 1. The molecule has 90 valence electrons. The van der Waals surface area contributed by atoms with Gasteiger partial charge in [0.1, 0.15) is 6.07 Å². The molecule has 0 aromatic carbocycles. The fraction of sp³-hybridized carbons (Fsp3) is 0.300. The predicted octanol–water partition coefficient (Wildman–Crippen LogP) is 1.16. The van der Waals surface area contributed by atoms with Crippen LogP contribution in [0, 0.1) is 18.3 Å². The van der Waals surface area contributed by atoms with E-state index in [2.05, 4.69) is 0 Å². The summed E-state index contributed by atoms with van der Waals surface area (Å²) in [5.74, 6) is -2.03. The number of hydrogen-bond donors (Lipinski definition) is 0. The topological polar surface area (TPSA) is 62.9 Å². The third kappa shape index (κ3) is 2.72.